The van der Waals surface area contributed by atoms with E-state index in [1.54, 1.807) is 66.0 Å². The number of methoxy groups -OCH3 is 2. The molecule has 1 aliphatic heterocycles. The van der Waals surface area contributed by atoms with E-state index in [0.717, 1.165) is 14.2 Å². The molecule has 3 rings (SSSR count). The summed E-state index contributed by atoms with van der Waals surface area (Å²) in [4.78, 5) is 25.0. The molecular weight excluding hydrogens is 382 g/mol. The Balaban J connectivity index is 2.19. The number of quaternary nitrogens is 1. The zero-order chi connectivity index (χ0) is 20.3. The van der Waals surface area contributed by atoms with Gasteiger partial charge in [0, 0.05) is 11.1 Å². The van der Waals surface area contributed by atoms with E-state index in [0.29, 0.717) is 11.1 Å². The molecule has 28 heavy (non-hydrogen) atoms. The molecular formula is C20H22NO6S+. The van der Waals surface area contributed by atoms with Gasteiger partial charge in [0.15, 0.2) is 9.84 Å². The maximum absolute atomic E-state index is 13.5. The van der Waals surface area contributed by atoms with Gasteiger partial charge in [-0.15, -0.1) is 0 Å². The summed E-state index contributed by atoms with van der Waals surface area (Å²) in [5, 5.41) is -1.30. The van der Waals surface area contributed by atoms with Gasteiger partial charge in [0.25, 0.3) is 0 Å². The van der Waals surface area contributed by atoms with Crippen molar-refractivity contribution in [3.8, 4) is 0 Å². The number of ether oxygens (including phenoxy) is 2. The first-order valence-corrected chi connectivity index (χ1v) is 10.4. The molecule has 0 aromatic heterocycles. The topological polar surface area (TPSA) is 103 Å². The summed E-state index contributed by atoms with van der Waals surface area (Å²) in [5.41, 5.74) is 1.32. The molecule has 2 aromatic rings. The van der Waals surface area contributed by atoms with E-state index >= 15 is 0 Å². The monoisotopic (exact) mass is 404 g/mol. The highest BCUT2D eigenvalue weighted by Gasteiger charge is 2.59. The summed E-state index contributed by atoms with van der Waals surface area (Å²) in [7, 11) is -1.99. The van der Waals surface area contributed by atoms with Gasteiger partial charge < -0.3 is 14.8 Å². The molecule has 0 radical (unpaired) electrons. The molecule has 0 aliphatic carbocycles. The number of sulfone groups is 1. The van der Waals surface area contributed by atoms with E-state index in [4.69, 9.17) is 9.47 Å². The average Bonchev–Trinajstić information content (AvgIpc) is 2.72. The van der Waals surface area contributed by atoms with Crippen LogP contribution in [0.1, 0.15) is 23.2 Å². The largest absolute Gasteiger partial charge is 0.468 e. The van der Waals surface area contributed by atoms with Crippen molar-refractivity contribution in [3.63, 3.8) is 0 Å². The van der Waals surface area contributed by atoms with Crippen molar-refractivity contribution in [1.29, 1.82) is 0 Å². The van der Waals surface area contributed by atoms with Crippen LogP contribution in [0.15, 0.2) is 60.7 Å². The van der Waals surface area contributed by atoms with Crippen molar-refractivity contribution in [2.75, 3.05) is 14.2 Å². The van der Waals surface area contributed by atoms with Gasteiger partial charge in [0.1, 0.15) is 12.1 Å². The Bertz CT molecular complexity index is 874. The predicted molar refractivity (Wildman–Crippen MR) is 101 cm³/mol. The van der Waals surface area contributed by atoms with E-state index in [9.17, 15) is 18.0 Å². The lowest BCUT2D eigenvalue weighted by Gasteiger charge is -2.37. The van der Waals surface area contributed by atoms with Crippen molar-refractivity contribution in [1.82, 2.24) is 0 Å². The Morgan fingerprint density at radius 2 is 1.11 bits per heavy atom. The summed E-state index contributed by atoms with van der Waals surface area (Å²) in [6, 6.07) is 16.2. The van der Waals surface area contributed by atoms with Gasteiger partial charge in [0.05, 0.1) is 14.2 Å². The number of hydrogen-bond acceptors (Lipinski definition) is 6. The summed E-state index contributed by atoms with van der Waals surface area (Å²) < 4.78 is 36.5. The lowest BCUT2D eigenvalue weighted by atomic mass is 9.97. The van der Waals surface area contributed by atoms with E-state index in [2.05, 4.69) is 0 Å². The first-order chi connectivity index (χ1) is 13.4. The molecule has 1 saturated heterocycles. The zero-order valence-corrected chi connectivity index (χ0v) is 16.3. The third-order valence-electron chi connectivity index (χ3n) is 5.01. The molecule has 8 heteroatoms. The first-order valence-electron chi connectivity index (χ1n) is 8.75. The van der Waals surface area contributed by atoms with Crippen LogP contribution >= 0.6 is 0 Å². The first kappa shape index (κ1) is 20.0. The molecule has 2 aromatic carbocycles. The highest BCUT2D eigenvalue weighted by atomic mass is 32.2. The van der Waals surface area contributed by atoms with E-state index in [-0.39, 0.29) is 0 Å². The maximum Gasteiger partial charge on any atom is 0.330 e. The third-order valence-corrected chi connectivity index (χ3v) is 7.40. The number of carbonyl (C=O) groups is 2. The molecule has 0 amide bonds. The molecule has 1 fully saturated rings. The number of esters is 2. The molecule has 4 atom stereocenters. The van der Waals surface area contributed by atoms with Crippen LogP contribution < -0.4 is 5.32 Å². The number of benzene rings is 2. The van der Waals surface area contributed by atoms with E-state index < -0.39 is 44.4 Å². The third kappa shape index (κ3) is 3.53. The van der Waals surface area contributed by atoms with Crippen LogP contribution in [0.2, 0.25) is 0 Å². The van der Waals surface area contributed by atoms with Gasteiger partial charge in [-0.3, -0.25) is 9.59 Å². The number of carbonyl (C=O) groups excluding carboxylic acids is 2. The Morgan fingerprint density at radius 3 is 1.43 bits per heavy atom. The van der Waals surface area contributed by atoms with Crippen molar-refractivity contribution in [2.24, 2.45) is 0 Å². The van der Waals surface area contributed by atoms with Crippen molar-refractivity contribution in [3.05, 3.63) is 71.8 Å². The minimum atomic E-state index is -4.26. The zero-order valence-electron chi connectivity index (χ0n) is 15.5. The summed E-state index contributed by atoms with van der Waals surface area (Å²) in [6.07, 6.45) is 0. The molecule has 7 nitrogen and oxygen atoms in total. The molecule has 0 bridgehead atoms. The van der Waals surface area contributed by atoms with Gasteiger partial charge in [-0.2, -0.15) is 0 Å². The van der Waals surface area contributed by atoms with Gasteiger partial charge >= 0.3 is 11.9 Å². The van der Waals surface area contributed by atoms with Crippen LogP contribution in [0.3, 0.4) is 0 Å². The molecule has 1 heterocycles. The fourth-order valence-electron chi connectivity index (χ4n) is 3.71. The molecule has 0 saturated carbocycles. The van der Waals surface area contributed by atoms with Gasteiger partial charge in [-0.25, -0.2) is 8.42 Å². The standard InChI is InChI=1S/C20H21NO6S/c1-26-19(22)17-15(13-9-5-3-6-10-13)21-16(14-11-7-4-8-12-14)18(20(23)27-2)28(17,24)25/h3-12,15-18,21H,1-2H3/p+1/t15-,16-,17-,18+/m1/s1. The SMILES string of the molecule is COC(=O)[C@@H]1[C@@H](c2ccccc2)[NH2+][C@H](c2ccccc2)[C@H](C(=O)OC)S1(=O)=O. The maximum atomic E-state index is 13.5. The molecule has 1 aliphatic rings. The Labute approximate surface area is 163 Å². The number of nitrogens with two attached hydrogens (primary N) is 1. The molecule has 0 unspecified atom stereocenters. The van der Waals surface area contributed by atoms with Crippen LogP contribution in [-0.4, -0.2) is 45.1 Å². The van der Waals surface area contributed by atoms with Crippen molar-refractivity contribution >= 4 is 21.8 Å². The Kier molecular flexibility index (Phi) is 5.81. The summed E-state index contributed by atoms with van der Waals surface area (Å²) >= 11 is 0. The van der Waals surface area contributed by atoms with E-state index in [1.807, 2.05) is 0 Å². The molecule has 0 spiro atoms. The number of hydrogen-bond donors (Lipinski definition) is 1. The van der Waals surface area contributed by atoms with Crippen molar-refractivity contribution in [2.45, 2.75) is 22.6 Å². The second-order valence-corrected chi connectivity index (χ2v) is 8.74. The minimum Gasteiger partial charge on any atom is -0.468 e. The quantitative estimate of drug-likeness (QED) is 0.747. The lowest BCUT2D eigenvalue weighted by Crippen LogP contribution is -2.94. The Hall–Kier alpha value is -2.71. The van der Waals surface area contributed by atoms with Crippen LogP contribution in [0.4, 0.5) is 0 Å². The normalized spacial score (nSPS) is 26.2. The van der Waals surface area contributed by atoms with Gasteiger partial charge in [-0.1, -0.05) is 60.7 Å². The van der Waals surface area contributed by atoms with Crippen LogP contribution in [0, 0.1) is 0 Å². The van der Waals surface area contributed by atoms with Crippen molar-refractivity contribution < 1.29 is 32.8 Å². The second-order valence-electron chi connectivity index (χ2n) is 6.54. The highest BCUT2D eigenvalue weighted by Crippen LogP contribution is 2.34. The summed E-state index contributed by atoms with van der Waals surface area (Å²) in [5.74, 6) is -1.80. The average molecular weight is 404 g/mol. The van der Waals surface area contributed by atoms with Gasteiger partial charge in [0.2, 0.25) is 10.5 Å². The second kappa shape index (κ2) is 8.12. The lowest BCUT2D eigenvalue weighted by molar-refractivity contribution is -0.734. The Morgan fingerprint density at radius 1 is 0.750 bits per heavy atom. The van der Waals surface area contributed by atoms with Gasteiger partial charge in [-0.05, 0) is 0 Å². The van der Waals surface area contributed by atoms with Crippen LogP contribution in [0.5, 0.6) is 0 Å². The number of rotatable bonds is 4. The minimum absolute atomic E-state index is 0.658. The molecule has 148 valence electrons. The fraction of sp³-hybridized carbons (Fsp3) is 0.300. The molecule has 2 N–H and O–H groups in total. The van der Waals surface area contributed by atoms with Crippen LogP contribution in [-0.2, 0) is 28.9 Å². The summed E-state index contributed by atoms with van der Waals surface area (Å²) in [6.45, 7) is 0. The smallest absolute Gasteiger partial charge is 0.330 e. The van der Waals surface area contributed by atoms with E-state index in [1.165, 1.54) is 0 Å². The van der Waals surface area contributed by atoms with Crippen LogP contribution in [0.25, 0.3) is 0 Å². The fourth-order valence-corrected chi connectivity index (χ4v) is 6.07. The highest BCUT2D eigenvalue weighted by molar-refractivity contribution is 7.94. The predicted octanol–water partition coefficient (Wildman–Crippen LogP) is 0.544.